The van der Waals surface area contributed by atoms with E-state index >= 15 is 0 Å². The number of aromatic hydroxyl groups is 2. The van der Waals surface area contributed by atoms with Crippen molar-refractivity contribution in [2.45, 2.75) is 6.92 Å². The minimum atomic E-state index is -0.912. The maximum atomic E-state index is 11.2. The van der Waals surface area contributed by atoms with Crippen LogP contribution in [0.2, 0.25) is 0 Å². The number of fused-ring (bicyclic) bond motifs is 1. The zero-order chi connectivity index (χ0) is 24.6. The normalized spacial score (nSPS) is 11.2. The fourth-order valence-electron chi connectivity index (χ4n) is 3.37. The van der Waals surface area contributed by atoms with Crippen molar-refractivity contribution in [3.05, 3.63) is 80.0 Å². The molecule has 0 radical (unpaired) electrons. The molecular weight excluding hydrogens is 446 g/mol. The van der Waals surface area contributed by atoms with Gasteiger partial charge >= 0.3 is 5.69 Å². The topological polar surface area (TPSA) is 166 Å². The number of imidazole rings is 1. The number of benzene rings is 2. The molecule has 0 aliphatic rings. The van der Waals surface area contributed by atoms with Crippen molar-refractivity contribution >= 4 is 29.1 Å². The van der Waals surface area contributed by atoms with Gasteiger partial charge in [-0.2, -0.15) is 0 Å². The van der Waals surface area contributed by atoms with Gasteiger partial charge in [0.05, 0.1) is 23.0 Å². The van der Waals surface area contributed by atoms with E-state index < -0.39 is 27.0 Å². The predicted molar refractivity (Wildman–Crippen MR) is 122 cm³/mol. The van der Waals surface area contributed by atoms with Crippen LogP contribution in [0.3, 0.4) is 0 Å². The summed E-state index contributed by atoms with van der Waals surface area (Å²) in [6, 6.07) is 9.92. The molecule has 2 aromatic carbocycles. The maximum Gasteiger partial charge on any atom is 0.318 e. The number of rotatable bonds is 6. The molecule has 0 saturated heterocycles. The lowest BCUT2D eigenvalue weighted by Gasteiger charge is -2.06. The average Bonchev–Trinajstić information content (AvgIpc) is 3.15. The third-order valence-electron chi connectivity index (χ3n) is 5.05. The van der Waals surface area contributed by atoms with Gasteiger partial charge in [0.2, 0.25) is 5.75 Å². The summed E-state index contributed by atoms with van der Waals surface area (Å²) < 4.78 is 6.83. The van der Waals surface area contributed by atoms with Crippen molar-refractivity contribution in [3.63, 3.8) is 0 Å². The minimum Gasteiger partial charge on any atom is -0.504 e. The molecule has 0 atom stereocenters. The molecule has 172 valence electrons. The first-order chi connectivity index (χ1) is 16.2. The van der Waals surface area contributed by atoms with E-state index in [2.05, 4.69) is 9.98 Å². The summed E-state index contributed by atoms with van der Waals surface area (Å²) in [6.45, 7) is 1.89. The van der Waals surface area contributed by atoms with Crippen LogP contribution in [0.1, 0.15) is 11.1 Å². The number of non-ortho nitro benzene ring substituents is 1. The van der Waals surface area contributed by atoms with Crippen LogP contribution in [-0.4, -0.2) is 42.8 Å². The van der Waals surface area contributed by atoms with E-state index in [1.54, 1.807) is 22.7 Å². The third-order valence-corrected chi connectivity index (χ3v) is 5.05. The van der Waals surface area contributed by atoms with Gasteiger partial charge < -0.3 is 14.9 Å². The van der Waals surface area contributed by atoms with E-state index in [-0.39, 0.29) is 22.9 Å². The number of hydrogen-bond donors (Lipinski definition) is 2. The maximum absolute atomic E-state index is 11.2. The van der Waals surface area contributed by atoms with Crippen molar-refractivity contribution in [2.75, 3.05) is 7.11 Å². The highest BCUT2D eigenvalue weighted by Crippen LogP contribution is 2.37. The van der Waals surface area contributed by atoms with Crippen LogP contribution in [0.4, 0.5) is 17.2 Å². The van der Waals surface area contributed by atoms with Crippen molar-refractivity contribution in [1.29, 1.82) is 0 Å². The Morgan fingerprint density at radius 3 is 2.53 bits per heavy atom. The lowest BCUT2D eigenvalue weighted by molar-refractivity contribution is -0.394. The number of nitrogens with zero attached hydrogens (tertiary/aromatic N) is 5. The number of nitro benzene ring substituents is 2. The molecule has 2 N–H and O–H groups in total. The molecule has 0 amide bonds. The largest absolute Gasteiger partial charge is 0.504 e. The summed E-state index contributed by atoms with van der Waals surface area (Å²) in [7, 11) is 1.41. The smallest absolute Gasteiger partial charge is 0.318 e. The van der Waals surface area contributed by atoms with Crippen LogP contribution in [0.25, 0.3) is 16.9 Å². The molecule has 0 fully saturated rings. The number of aromatic nitrogens is 2. The fourth-order valence-corrected chi connectivity index (χ4v) is 3.37. The van der Waals surface area contributed by atoms with Crippen molar-refractivity contribution < 1.29 is 24.8 Å². The number of phenols is 2. The van der Waals surface area contributed by atoms with Gasteiger partial charge in [-0.15, -0.1) is 0 Å². The highest BCUT2D eigenvalue weighted by Gasteiger charge is 2.23. The van der Waals surface area contributed by atoms with Crippen LogP contribution in [0, 0.1) is 27.2 Å². The quantitative estimate of drug-likeness (QED) is 0.243. The Labute approximate surface area is 191 Å². The number of aliphatic imine (C=N–C) groups is 1. The zero-order valence-corrected chi connectivity index (χ0v) is 17.9. The summed E-state index contributed by atoms with van der Waals surface area (Å²) in [6.07, 6.45) is 2.82. The Morgan fingerprint density at radius 1 is 1.09 bits per heavy atom. The monoisotopic (exact) mass is 463 g/mol. The molecule has 0 spiro atoms. The Morgan fingerprint density at radius 2 is 1.85 bits per heavy atom. The number of aryl methyl sites for hydroxylation is 1. The second-order valence-electron chi connectivity index (χ2n) is 7.28. The summed E-state index contributed by atoms with van der Waals surface area (Å²) in [5.74, 6) is -0.314. The van der Waals surface area contributed by atoms with Gasteiger partial charge in [-0.25, -0.2) is 9.98 Å². The molecule has 0 aliphatic heterocycles. The fraction of sp³-hybridized carbons (Fsp3) is 0.0909. The Kier molecular flexibility index (Phi) is 5.55. The number of hydrogen-bond acceptors (Lipinski definition) is 9. The SMILES string of the molecule is COc1cc(-c2nc3cc(C)ccn3c2N=Cc2cc([N+](=O)[O-])cc([N+](=O)[O-])c2O)ccc1O. The Bertz CT molecular complexity index is 1490. The first-order valence-corrected chi connectivity index (χ1v) is 9.75. The van der Waals surface area contributed by atoms with E-state index in [1.165, 1.54) is 13.2 Å². The number of methoxy groups -OCH3 is 1. The molecule has 34 heavy (non-hydrogen) atoms. The number of nitro groups is 2. The first-order valence-electron chi connectivity index (χ1n) is 9.75. The Balaban J connectivity index is 1.93. The molecule has 12 nitrogen and oxygen atoms in total. The minimum absolute atomic E-state index is 0.0651. The van der Waals surface area contributed by atoms with Crippen LogP contribution >= 0.6 is 0 Å². The Hall–Kier alpha value is -5.00. The van der Waals surface area contributed by atoms with Crippen LogP contribution in [-0.2, 0) is 0 Å². The molecule has 0 bridgehead atoms. The van der Waals surface area contributed by atoms with Gasteiger partial charge in [0.15, 0.2) is 17.3 Å². The molecular formula is C22H17N5O7. The van der Waals surface area contributed by atoms with E-state index in [0.717, 1.165) is 17.8 Å². The van der Waals surface area contributed by atoms with Gasteiger partial charge in [-0.05, 0) is 42.8 Å². The predicted octanol–water partition coefficient (Wildman–Crippen LogP) is 4.30. The van der Waals surface area contributed by atoms with Crippen molar-refractivity contribution in [1.82, 2.24) is 9.38 Å². The van der Waals surface area contributed by atoms with Gasteiger partial charge in [0, 0.05) is 29.6 Å². The van der Waals surface area contributed by atoms with E-state index in [1.807, 2.05) is 19.1 Å². The molecule has 4 aromatic rings. The lowest BCUT2D eigenvalue weighted by atomic mass is 10.1. The lowest BCUT2D eigenvalue weighted by Crippen LogP contribution is -1.96. The summed E-state index contributed by atoms with van der Waals surface area (Å²) in [4.78, 5) is 29.7. The van der Waals surface area contributed by atoms with Gasteiger partial charge in [0.1, 0.15) is 11.3 Å². The highest BCUT2D eigenvalue weighted by atomic mass is 16.6. The second kappa shape index (κ2) is 8.50. The molecule has 0 aliphatic carbocycles. The van der Waals surface area contributed by atoms with Crippen molar-refractivity contribution in [3.8, 4) is 28.5 Å². The number of ether oxygens (including phenoxy) is 1. The highest BCUT2D eigenvalue weighted by molar-refractivity contribution is 5.90. The second-order valence-corrected chi connectivity index (χ2v) is 7.28. The van der Waals surface area contributed by atoms with E-state index in [0.29, 0.717) is 23.0 Å². The van der Waals surface area contributed by atoms with Gasteiger partial charge in [-0.3, -0.25) is 24.6 Å². The van der Waals surface area contributed by atoms with Gasteiger partial charge in [-0.1, -0.05) is 0 Å². The molecule has 4 rings (SSSR count). The standard InChI is InChI=1S/C22H17N5O7/c1-12-5-6-25-19(7-12)24-20(13-3-4-17(28)18(9-13)34-2)22(25)23-11-14-8-15(26(30)31)10-16(21(14)29)27(32)33/h3-11,28-29H,1-2H3. The molecule has 12 heteroatoms. The van der Waals surface area contributed by atoms with Gasteiger partial charge in [0.25, 0.3) is 5.69 Å². The zero-order valence-electron chi connectivity index (χ0n) is 17.9. The third kappa shape index (κ3) is 3.95. The number of phenolic OH excluding ortho intramolecular Hbond substituents is 2. The average molecular weight is 463 g/mol. The van der Waals surface area contributed by atoms with Crippen molar-refractivity contribution in [2.24, 2.45) is 4.99 Å². The summed E-state index contributed by atoms with van der Waals surface area (Å²) in [5.41, 5.74) is 0.837. The molecule has 2 heterocycles. The first kappa shape index (κ1) is 22.2. The van der Waals surface area contributed by atoms with Crippen LogP contribution in [0.5, 0.6) is 17.2 Å². The van der Waals surface area contributed by atoms with Crippen LogP contribution < -0.4 is 4.74 Å². The van der Waals surface area contributed by atoms with E-state index in [9.17, 15) is 30.4 Å². The van der Waals surface area contributed by atoms with E-state index in [4.69, 9.17) is 4.74 Å². The molecule has 2 aromatic heterocycles. The number of pyridine rings is 1. The van der Waals surface area contributed by atoms with Crippen LogP contribution in [0.15, 0.2) is 53.7 Å². The summed E-state index contributed by atoms with van der Waals surface area (Å²) in [5, 5.41) is 42.7. The molecule has 0 saturated carbocycles. The molecule has 0 unspecified atom stereocenters. The summed E-state index contributed by atoms with van der Waals surface area (Å²) >= 11 is 0.